The lowest BCUT2D eigenvalue weighted by Crippen LogP contribution is -2.22. The summed E-state index contributed by atoms with van der Waals surface area (Å²) in [5.74, 6) is 1.97. The molecule has 0 radical (unpaired) electrons. The van der Waals surface area contributed by atoms with Gasteiger partial charge in [0.2, 0.25) is 0 Å². The summed E-state index contributed by atoms with van der Waals surface area (Å²) in [6.07, 6.45) is 3.55. The maximum atomic E-state index is 6.58. The average Bonchev–Trinajstić information content (AvgIpc) is 3.02. The molecule has 0 aliphatic heterocycles. The van der Waals surface area contributed by atoms with Crippen molar-refractivity contribution in [1.82, 2.24) is 0 Å². The van der Waals surface area contributed by atoms with Crippen LogP contribution in [0.4, 0.5) is 0 Å². The Kier molecular flexibility index (Phi) is 4.17. The number of thiophene rings is 1. The van der Waals surface area contributed by atoms with Crippen LogP contribution in [-0.4, -0.2) is 14.2 Å². The Bertz CT molecular complexity index is 601. The number of ether oxygens (including phenoxy) is 2. The van der Waals surface area contributed by atoms with E-state index in [2.05, 4.69) is 11.4 Å². The van der Waals surface area contributed by atoms with Crippen LogP contribution in [0.15, 0.2) is 29.6 Å². The number of hydrogen-bond acceptors (Lipinski definition) is 4. The van der Waals surface area contributed by atoms with Crippen molar-refractivity contribution in [1.29, 1.82) is 0 Å². The molecule has 0 fully saturated rings. The molecule has 1 aromatic heterocycles. The summed E-state index contributed by atoms with van der Waals surface area (Å²) >= 11 is 1.85. The van der Waals surface area contributed by atoms with Gasteiger partial charge in [-0.25, -0.2) is 0 Å². The zero-order valence-corrected chi connectivity index (χ0v) is 13.3. The SMILES string of the molecule is COc1cc(OC)cc(C(N)C2CCCc3sccc32)c1. The first-order valence-corrected chi connectivity index (χ1v) is 8.15. The number of rotatable bonds is 4. The first kappa shape index (κ1) is 14.4. The first-order valence-electron chi connectivity index (χ1n) is 7.27. The van der Waals surface area contributed by atoms with Gasteiger partial charge in [0, 0.05) is 22.9 Å². The Labute approximate surface area is 129 Å². The standard InChI is InChI=1S/C17H21NO2S/c1-19-12-8-11(9-13(10-12)20-2)17(18)15-4-3-5-16-14(15)6-7-21-16/h6-10,15,17H,3-5,18H2,1-2H3. The molecular weight excluding hydrogens is 282 g/mol. The van der Waals surface area contributed by atoms with E-state index in [0.29, 0.717) is 5.92 Å². The lowest BCUT2D eigenvalue weighted by molar-refractivity contribution is 0.390. The molecule has 0 bridgehead atoms. The van der Waals surface area contributed by atoms with Crippen LogP contribution in [-0.2, 0) is 6.42 Å². The van der Waals surface area contributed by atoms with Gasteiger partial charge in [-0.05, 0) is 54.0 Å². The van der Waals surface area contributed by atoms with Crippen LogP contribution in [0.3, 0.4) is 0 Å². The van der Waals surface area contributed by atoms with Crippen molar-refractivity contribution in [3.8, 4) is 11.5 Å². The van der Waals surface area contributed by atoms with Gasteiger partial charge in [0.25, 0.3) is 0 Å². The quantitative estimate of drug-likeness (QED) is 0.932. The molecule has 1 aliphatic rings. The van der Waals surface area contributed by atoms with E-state index in [-0.39, 0.29) is 6.04 Å². The van der Waals surface area contributed by atoms with E-state index in [1.165, 1.54) is 23.3 Å². The number of hydrogen-bond donors (Lipinski definition) is 1. The molecule has 1 heterocycles. The van der Waals surface area contributed by atoms with Crippen molar-refractivity contribution in [3.05, 3.63) is 45.6 Å². The Hall–Kier alpha value is -1.52. The highest BCUT2D eigenvalue weighted by atomic mass is 32.1. The van der Waals surface area contributed by atoms with Gasteiger partial charge in [-0.1, -0.05) is 0 Å². The molecule has 1 aliphatic carbocycles. The minimum atomic E-state index is -0.0253. The van der Waals surface area contributed by atoms with Crippen molar-refractivity contribution < 1.29 is 9.47 Å². The van der Waals surface area contributed by atoms with E-state index in [9.17, 15) is 0 Å². The van der Waals surface area contributed by atoms with Gasteiger partial charge in [-0.3, -0.25) is 0 Å². The minimum Gasteiger partial charge on any atom is -0.497 e. The molecule has 3 rings (SSSR count). The third-order valence-electron chi connectivity index (χ3n) is 4.29. The number of fused-ring (bicyclic) bond motifs is 1. The Morgan fingerprint density at radius 3 is 2.57 bits per heavy atom. The van der Waals surface area contributed by atoms with Gasteiger partial charge >= 0.3 is 0 Å². The summed E-state index contributed by atoms with van der Waals surface area (Å²) in [5.41, 5.74) is 9.09. The van der Waals surface area contributed by atoms with Gasteiger partial charge < -0.3 is 15.2 Å². The fourth-order valence-electron chi connectivity index (χ4n) is 3.15. The third kappa shape index (κ3) is 2.78. The van der Waals surface area contributed by atoms with Gasteiger partial charge in [0.15, 0.2) is 0 Å². The summed E-state index contributed by atoms with van der Waals surface area (Å²) in [5, 5.41) is 2.18. The van der Waals surface area contributed by atoms with Crippen molar-refractivity contribution in [3.63, 3.8) is 0 Å². The number of benzene rings is 1. The summed E-state index contributed by atoms with van der Waals surface area (Å²) in [7, 11) is 3.34. The number of aryl methyl sites for hydroxylation is 1. The Morgan fingerprint density at radius 2 is 1.90 bits per heavy atom. The highest BCUT2D eigenvalue weighted by molar-refractivity contribution is 7.10. The monoisotopic (exact) mass is 303 g/mol. The smallest absolute Gasteiger partial charge is 0.122 e. The minimum absolute atomic E-state index is 0.0253. The highest BCUT2D eigenvalue weighted by Gasteiger charge is 2.28. The zero-order chi connectivity index (χ0) is 14.8. The van der Waals surface area contributed by atoms with E-state index in [1.807, 2.05) is 29.5 Å². The molecule has 1 aromatic carbocycles. The van der Waals surface area contributed by atoms with Crippen molar-refractivity contribution in [2.75, 3.05) is 14.2 Å². The molecule has 4 heteroatoms. The predicted octanol–water partition coefficient (Wildman–Crippen LogP) is 3.89. The maximum Gasteiger partial charge on any atom is 0.122 e. The Balaban J connectivity index is 1.94. The second-order valence-electron chi connectivity index (χ2n) is 5.47. The van der Waals surface area contributed by atoms with Crippen LogP contribution in [0.5, 0.6) is 11.5 Å². The molecular formula is C17H21NO2S. The van der Waals surface area contributed by atoms with Gasteiger partial charge in [-0.2, -0.15) is 0 Å². The largest absolute Gasteiger partial charge is 0.497 e. The van der Waals surface area contributed by atoms with E-state index >= 15 is 0 Å². The van der Waals surface area contributed by atoms with Crippen LogP contribution >= 0.6 is 11.3 Å². The molecule has 2 atom stereocenters. The fraction of sp³-hybridized carbons (Fsp3) is 0.412. The van der Waals surface area contributed by atoms with Gasteiger partial charge in [-0.15, -0.1) is 11.3 Å². The van der Waals surface area contributed by atoms with E-state index in [4.69, 9.17) is 15.2 Å². The lowest BCUT2D eigenvalue weighted by Gasteiger charge is -2.28. The second kappa shape index (κ2) is 6.08. The first-order chi connectivity index (χ1) is 10.2. The molecule has 112 valence electrons. The van der Waals surface area contributed by atoms with E-state index in [0.717, 1.165) is 23.5 Å². The average molecular weight is 303 g/mol. The van der Waals surface area contributed by atoms with Crippen LogP contribution in [0.1, 0.15) is 40.8 Å². The summed E-state index contributed by atoms with van der Waals surface area (Å²) in [6.45, 7) is 0. The topological polar surface area (TPSA) is 44.5 Å². The molecule has 2 unspecified atom stereocenters. The van der Waals surface area contributed by atoms with Crippen LogP contribution in [0.2, 0.25) is 0 Å². The summed E-state index contributed by atoms with van der Waals surface area (Å²) in [6, 6.07) is 8.14. The molecule has 2 N–H and O–H groups in total. The van der Waals surface area contributed by atoms with Crippen molar-refractivity contribution >= 4 is 11.3 Å². The molecule has 0 amide bonds. The molecule has 0 saturated heterocycles. The van der Waals surface area contributed by atoms with Gasteiger partial charge in [0.05, 0.1) is 14.2 Å². The Morgan fingerprint density at radius 1 is 1.19 bits per heavy atom. The maximum absolute atomic E-state index is 6.58. The third-order valence-corrected chi connectivity index (χ3v) is 5.29. The van der Waals surface area contributed by atoms with Crippen LogP contribution in [0, 0.1) is 0 Å². The molecule has 0 saturated carbocycles. The normalized spacial score (nSPS) is 18.9. The van der Waals surface area contributed by atoms with E-state index in [1.54, 1.807) is 14.2 Å². The zero-order valence-electron chi connectivity index (χ0n) is 12.5. The van der Waals surface area contributed by atoms with Crippen molar-refractivity contribution in [2.45, 2.75) is 31.2 Å². The van der Waals surface area contributed by atoms with Gasteiger partial charge in [0.1, 0.15) is 11.5 Å². The lowest BCUT2D eigenvalue weighted by atomic mass is 9.80. The second-order valence-corrected chi connectivity index (χ2v) is 6.47. The predicted molar refractivity (Wildman–Crippen MR) is 86.5 cm³/mol. The van der Waals surface area contributed by atoms with Crippen LogP contribution in [0.25, 0.3) is 0 Å². The van der Waals surface area contributed by atoms with Crippen molar-refractivity contribution in [2.24, 2.45) is 5.73 Å². The molecule has 0 spiro atoms. The van der Waals surface area contributed by atoms with Crippen LogP contribution < -0.4 is 15.2 Å². The fourth-order valence-corrected chi connectivity index (χ4v) is 4.15. The number of methoxy groups -OCH3 is 2. The molecule has 2 aromatic rings. The molecule has 21 heavy (non-hydrogen) atoms. The summed E-state index contributed by atoms with van der Waals surface area (Å²) in [4.78, 5) is 1.50. The molecule has 3 nitrogen and oxygen atoms in total. The number of nitrogens with two attached hydrogens (primary N) is 1. The van der Waals surface area contributed by atoms with E-state index < -0.39 is 0 Å². The summed E-state index contributed by atoms with van der Waals surface area (Å²) < 4.78 is 10.7. The highest BCUT2D eigenvalue weighted by Crippen LogP contribution is 2.42.